The van der Waals surface area contributed by atoms with Crippen molar-refractivity contribution in [2.75, 3.05) is 23.5 Å². The Morgan fingerprint density at radius 2 is 1.86 bits per heavy atom. The molecule has 0 aliphatic rings. The molecule has 0 aromatic heterocycles. The Hall–Kier alpha value is -1.45. The minimum Gasteiger partial charge on any atom is -0.453 e. The third-order valence-electron chi connectivity index (χ3n) is 2.07. The first kappa shape index (κ1) is 17.6. The van der Waals surface area contributed by atoms with Gasteiger partial charge in [-0.2, -0.15) is 0 Å². The number of alkyl carbamates (subject to hydrolysis) is 1. The van der Waals surface area contributed by atoms with Gasteiger partial charge in [-0.25, -0.2) is 4.79 Å². The van der Waals surface area contributed by atoms with E-state index in [1.165, 1.54) is 17.9 Å². The molecule has 114 valence electrons. The summed E-state index contributed by atoms with van der Waals surface area (Å²) < 4.78 is 4.44. The molecule has 0 saturated heterocycles. The van der Waals surface area contributed by atoms with Gasteiger partial charge in [0, 0.05) is 16.5 Å². The Labute approximate surface area is 136 Å². The van der Waals surface area contributed by atoms with Gasteiger partial charge in [0.05, 0.1) is 18.5 Å². The minimum atomic E-state index is -0.663. The van der Waals surface area contributed by atoms with Crippen LogP contribution in [0.15, 0.2) is 24.3 Å². The van der Waals surface area contributed by atoms with E-state index in [1.807, 2.05) is 6.92 Å². The van der Waals surface area contributed by atoms with Gasteiger partial charge < -0.3 is 15.4 Å². The van der Waals surface area contributed by atoms with Crippen LogP contribution in [0.5, 0.6) is 0 Å². The topological polar surface area (TPSA) is 79.5 Å². The first-order valence-corrected chi connectivity index (χ1v) is 8.65. The van der Waals surface area contributed by atoms with E-state index >= 15 is 0 Å². The summed E-state index contributed by atoms with van der Waals surface area (Å²) in [6, 6.07) is 7.04. The van der Waals surface area contributed by atoms with Crippen LogP contribution in [-0.4, -0.2) is 29.3 Å². The molecule has 21 heavy (non-hydrogen) atoms. The van der Waals surface area contributed by atoms with Crippen molar-refractivity contribution in [1.29, 1.82) is 0 Å². The fourth-order valence-corrected chi connectivity index (χ4v) is 2.61. The quantitative estimate of drug-likeness (QED) is 0.567. The lowest BCUT2D eigenvalue weighted by atomic mass is 10.2. The predicted molar refractivity (Wildman–Crippen MR) is 92.9 cm³/mol. The highest BCUT2D eigenvalue weighted by Crippen LogP contribution is 2.26. The van der Waals surface area contributed by atoms with E-state index in [9.17, 15) is 9.59 Å². The Balaban J connectivity index is 2.68. The third-order valence-corrected chi connectivity index (χ3v) is 4.39. The zero-order chi connectivity index (χ0) is 15.7. The number of hydrogen-bond acceptors (Lipinski definition) is 6. The number of amides is 2. The highest BCUT2D eigenvalue weighted by molar-refractivity contribution is 8.82. The number of para-hydroxylation sites is 2. The Morgan fingerprint density at radius 1 is 1.24 bits per heavy atom. The summed E-state index contributed by atoms with van der Waals surface area (Å²) in [6.45, 7) is 1.97. The van der Waals surface area contributed by atoms with Crippen LogP contribution in [-0.2, 0) is 4.74 Å². The number of methoxy groups -OCH3 is 1. The van der Waals surface area contributed by atoms with Crippen LogP contribution in [0.4, 0.5) is 21.0 Å². The third kappa shape index (κ3) is 6.69. The van der Waals surface area contributed by atoms with Gasteiger partial charge in [0.25, 0.3) is 5.24 Å². The molecule has 0 spiro atoms. The van der Waals surface area contributed by atoms with E-state index in [1.54, 1.807) is 24.3 Å². The number of nitrogens with one attached hydrogen (secondary N) is 3. The molecule has 0 radical (unpaired) electrons. The molecule has 0 aliphatic heterocycles. The average Bonchev–Trinajstić information content (AvgIpc) is 2.46. The number of rotatable bonds is 4. The summed E-state index contributed by atoms with van der Waals surface area (Å²) in [5, 5.41) is 7.82. The molecule has 0 heterocycles. The number of hydrogen-bond donors (Lipinski definition) is 3. The highest BCUT2D eigenvalue weighted by atomic mass is 33.1. The number of carbonyl (C=O) groups is 2. The van der Waals surface area contributed by atoms with E-state index in [4.69, 9.17) is 12.2 Å². The van der Waals surface area contributed by atoms with Crippen molar-refractivity contribution >= 4 is 61.6 Å². The maximum atomic E-state index is 11.7. The summed E-state index contributed by atoms with van der Waals surface area (Å²) in [7, 11) is 3.83. The number of thiocarbonyl (C=S) groups is 1. The molecule has 0 atom stereocenters. The second-order valence-corrected chi connectivity index (χ2v) is 6.48. The van der Waals surface area contributed by atoms with E-state index in [2.05, 4.69) is 20.7 Å². The lowest BCUT2D eigenvalue weighted by Gasteiger charge is -2.13. The maximum Gasteiger partial charge on any atom is 0.413 e. The summed E-state index contributed by atoms with van der Waals surface area (Å²) in [4.78, 5) is 22.8. The van der Waals surface area contributed by atoms with Gasteiger partial charge in [-0.3, -0.25) is 10.1 Å². The molecule has 9 heteroatoms. The molecular weight excluding hydrogens is 330 g/mol. The molecule has 0 bridgehead atoms. The van der Waals surface area contributed by atoms with Crippen molar-refractivity contribution < 1.29 is 14.3 Å². The van der Waals surface area contributed by atoms with Crippen LogP contribution in [0.3, 0.4) is 0 Å². The van der Waals surface area contributed by atoms with Gasteiger partial charge in [0.15, 0.2) is 5.11 Å². The second kappa shape index (κ2) is 9.48. The lowest BCUT2D eigenvalue weighted by Crippen LogP contribution is -2.34. The van der Waals surface area contributed by atoms with E-state index in [0.717, 1.165) is 16.5 Å². The van der Waals surface area contributed by atoms with E-state index in [0.29, 0.717) is 11.4 Å². The number of carbonyl (C=O) groups excluding carboxylic acids is 2. The Bertz CT molecular complexity index is 525. The average molecular weight is 345 g/mol. The summed E-state index contributed by atoms with van der Waals surface area (Å²) in [6.07, 6.45) is -0.663. The Morgan fingerprint density at radius 3 is 2.43 bits per heavy atom. The summed E-state index contributed by atoms with van der Waals surface area (Å²) >= 11 is 4.98. The number of benzene rings is 1. The fourth-order valence-electron chi connectivity index (χ4n) is 1.24. The maximum absolute atomic E-state index is 11.7. The molecule has 1 rings (SSSR count). The van der Waals surface area contributed by atoms with Crippen LogP contribution >= 0.6 is 33.8 Å². The first-order chi connectivity index (χ1) is 10.1. The highest BCUT2D eigenvalue weighted by Gasteiger charge is 2.09. The largest absolute Gasteiger partial charge is 0.453 e. The SMILES string of the molecule is CCSSC(=O)Nc1ccccc1NC(=S)NC(=O)OC. The van der Waals surface area contributed by atoms with Gasteiger partial charge in [-0.15, -0.1) is 0 Å². The number of ether oxygens (including phenoxy) is 1. The monoisotopic (exact) mass is 345 g/mol. The Kier molecular flexibility index (Phi) is 7.95. The van der Waals surface area contributed by atoms with Gasteiger partial charge in [0.2, 0.25) is 0 Å². The smallest absolute Gasteiger partial charge is 0.413 e. The van der Waals surface area contributed by atoms with Crippen molar-refractivity contribution in [2.45, 2.75) is 6.92 Å². The van der Waals surface area contributed by atoms with Gasteiger partial charge in [-0.05, 0) is 24.4 Å². The van der Waals surface area contributed by atoms with E-state index in [-0.39, 0.29) is 10.4 Å². The molecule has 2 amide bonds. The molecule has 0 fully saturated rings. The van der Waals surface area contributed by atoms with Gasteiger partial charge >= 0.3 is 6.09 Å². The second-order valence-electron chi connectivity index (χ2n) is 3.52. The lowest BCUT2D eigenvalue weighted by molar-refractivity contribution is 0.177. The fraction of sp³-hybridized carbons (Fsp3) is 0.250. The van der Waals surface area contributed by atoms with Crippen molar-refractivity contribution in [3.63, 3.8) is 0 Å². The molecule has 3 N–H and O–H groups in total. The van der Waals surface area contributed by atoms with Gasteiger partial charge in [-0.1, -0.05) is 29.9 Å². The first-order valence-electron chi connectivity index (χ1n) is 5.92. The van der Waals surface area contributed by atoms with Crippen LogP contribution in [0.25, 0.3) is 0 Å². The normalized spacial score (nSPS) is 9.62. The van der Waals surface area contributed by atoms with Crippen molar-refractivity contribution in [3.05, 3.63) is 24.3 Å². The summed E-state index contributed by atoms with van der Waals surface area (Å²) in [5.41, 5.74) is 1.15. The number of anilines is 2. The minimum absolute atomic E-state index is 0.0825. The molecule has 1 aromatic rings. The van der Waals surface area contributed by atoms with E-state index < -0.39 is 6.09 Å². The van der Waals surface area contributed by atoms with Crippen LogP contribution < -0.4 is 16.0 Å². The van der Waals surface area contributed by atoms with Crippen LogP contribution in [0.2, 0.25) is 0 Å². The molecule has 1 aromatic carbocycles. The zero-order valence-corrected chi connectivity index (χ0v) is 13.9. The zero-order valence-electron chi connectivity index (χ0n) is 11.5. The van der Waals surface area contributed by atoms with Crippen molar-refractivity contribution in [2.24, 2.45) is 0 Å². The predicted octanol–water partition coefficient (Wildman–Crippen LogP) is 3.67. The standard InChI is InChI=1S/C12H15N3O3S3/c1-3-20-21-12(17)14-9-7-5-4-6-8(9)13-10(19)15-11(16)18-2/h4-7H,3H2,1-2H3,(H,14,17)(H2,13,15,16,19). The molecule has 0 aliphatic carbocycles. The van der Waals surface area contributed by atoms with Crippen molar-refractivity contribution in [3.8, 4) is 0 Å². The molecule has 6 nitrogen and oxygen atoms in total. The molecule has 0 unspecified atom stereocenters. The van der Waals surface area contributed by atoms with Crippen LogP contribution in [0, 0.1) is 0 Å². The van der Waals surface area contributed by atoms with Gasteiger partial charge in [0.1, 0.15) is 0 Å². The molecule has 0 saturated carbocycles. The molecular formula is C12H15N3O3S3. The van der Waals surface area contributed by atoms with Crippen LogP contribution in [0.1, 0.15) is 6.92 Å². The van der Waals surface area contributed by atoms with Crippen molar-refractivity contribution in [1.82, 2.24) is 5.32 Å². The summed E-state index contributed by atoms with van der Waals surface area (Å²) in [5.74, 6) is 0.838.